The Morgan fingerprint density at radius 1 is 1.37 bits per heavy atom. The Kier molecular flexibility index (Phi) is 3.59. The zero-order valence-electron chi connectivity index (χ0n) is 9.99. The molecule has 0 aliphatic rings. The third kappa shape index (κ3) is 3.15. The van der Waals surface area contributed by atoms with E-state index in [1.54, 1.807) is 6.92 Å². The van der Waals surface area contributed by atoms with Crippen molar-refractivity contribution in [2.45, 2.75) is 18.4 Å². The van der Waals surface area contributed by atoms with E-state index in [0.717, 1.165) is 0 Å². The maximum atomic E-state index is 11.9. The minimum Gasteiger partial charge on any atom is -0.340 e. The van der Waals surface area contributed by atoms with Crippen LogP contribution in [0.5, 0.6) is 0 Å². The van der Waals surface area contributed by atoms with Gasteiger partial charge in [0.1, 0.15) is 0 Å². The Labute approximate surface area is 109 Å². The minimum atomic E-state index is -3.66. The summed E-state index contributed by atoms with van der Waals surface area (Å²) < 4.78 is 30.9. The number of nitrogens with one attached hydrogen (secondary N) is 1. The molecule has 0 saturated carbocycles. The Morgan fingerprint density at radius 3 is 2.58 bits per heavy atom. The van der Waals surface area contributed by atoms with Crippen LogP contribution in [-0.4, -0.2) is 18.6 Å². The molecule has 19 heavy (non-hydrogen) atoms. The number of nitriles is 1. The van der Waals surface area contributed by atoms with Crippen LogP contribution in [0.25, 0.3) is 0 Å². The number of benzene rings is 1. The summed E-state index contributed by atoms with van der Waals surface area (Å²) in [5, 5.41) is 12.2. The second-order valence-electron chi connectivity index (χ2n) is 3.69. The topological polar surface area (TPSA) is 109 Å². The zero-order valence-corrected chi connectivity index (χ0v) is 10.8. The molecule has 1 heterocycles. The monoisotopic (exact) mass is 278 g/mol. The van der Waals surface area contributed by atoms with E-state index in [4.69, 9.17) is 9.78 Å². The van der Waals surface area contributed by atoms with E-state index >= 15 is 0 Å². The van der Waals surface area contributed by atoms with Crippen molar-refractivity contribution in [3.8, 4) is 6.07 Å². The van der Waals surface area contributed by atoms with Crippen molar-refractivity contribution in [3.63, 3.8) is 0 Å². The Balaban J connectivity index is 2.11. The van der Waals surface area contributed by atoms with Crippen molar-refractivity contribution in [1.82, 2.24) is 14.9 Å². The van der Waals surface area contributed by atoms with Crippen molar-refractivity contribution in [2.75, 3.05) is 0 Å². The van der Waals surface area contributed by atoms with Crippen LogP contribution in [0.1, 0.15) is 17.3 Å². The van der Waals surface area contributed by atoms with Gasteiger partial charge in [0.25, 0.3) is 0 Å². The summed E-state index contributed by atoms with van der Waals surface area (Å²) in [4.78, 5) is 3.96. The fraction of sp³-hybridized carbons (Fsp3) is 0.182. The number of aryl methyl sites for hydroxylation is 1. The van der Waals surface area contributed by atoms with E-state index in [2.05, 4.69) is 14.9 Å². The Bertz CT molecular complexity index is 713. The lowest BCUT2D eigenvalue weighted by Gasteiger charge is -2.04. The molecule has 1 N–H and O–H groups in total. The first-order valence-electron chi connectivity index (χ1n) is 5.30. The van der Waals surface area contributed by atoms with Gasteiger partial charge in [-0.2, -0.15) is 10.2 Å². The van der Waals surface area contributed by atoms with Crippen LogP contribution < -0.4 is 4.72 Å². The van der Waals surface area contributed by atoms with E-state index < -0.39 is 10.0 Å². The summed E-state index contributed by atoms with van der Waals surface area (Å²) in [6.45, 7) is 1.56. The smallest absolute Gasteiger partial charge is 0.240 e. The molecule has 0 atom stereocenters. The van der Waals surface area contributed by atoms with Gasteiger partial charge < -0.3 is 4.52 Å². The number of nitrogens with zero attached hydrogens (tertiary/aromatic N) is 3. The molecule has 7 nitrogen and oxygen atoms in total. The summed E-state index contributed by atoms with van der Waals surface area (Å²) in [5.74, 6) is 0.627. The van der Waals surface area contributed by atoms with Gasteiger partial charge in [-0.25, -0.2) is 13.1 Å². The van der Waals surface area contributed by atoms with Crippen LogP contribution in [0.2, 0.25) is 0 Å². The normalized spacial score (nSPS) is 11.2. The van der Waals surface area contributed by atoms with Gasteiger partial charge in [-0.1, -0.05) is 5.16 Å². The molecule has 1 aromatic carbocycles. The highest BCUT2D eigenvalue weighted by Crippen LogP contribution is 2.10. The lowest BCUT2D eigenvalue weighted by molar-refractivity contribution is 0.387. The van der Waals surface area contributed by atoms with Gasteiger partial charge in [0, 0.05) is 6.92 Å². The number of aromatic nitrogens is 2. The predicted molar refractivity (Wildman–Crippen MR) is 64.2 cm³/mol. The van der Waals surface area contributed by atoms with Crippen molar-refractivity contribution in [1.29, 1.82) is 5.26 Å². The molecule has 0 bridgehead atoms. The van der Waals surface area contributed by atoms with Gasteiger partial charge in [0.05, 0.1) is 23.1 Å². The van der Waals surface area contributed by atoms with Crippen molar-refractivity contribution < 1.29 is 12.9 Å². The van der Waals surface area contributed by atoms with Crippen LogP contribution in [-0.2, 0) is 16.6 Å². The molecule has 0 radical (unpaired) electrons. The molecule has 0 unspecified atom stereocenters. The van der Waals surface area contributed by atoms with Crippen LogP contribution in [0, 0.1) is 18.3 Å². The maximum absolute atomic E-state index is 11.9. The average Bonchev–Trinajstić information content (AvgIpc) is 2.82. The van der Waals surface area contributed by atoms with Gasteiger partial charge in [0.2, 0.25) is 15.9 Å². The summed E-state index contributed by atoms with van der Waals surface area (Å²) in [6, 6.07) is 7.52. The molecule has 0 aliphatic heterocycles. The highest BCUT2D eigenvalue weighted by Gasteiger charge is 2.15. The molecule has 0 saturated heterocycles. The second kappa shape index (κ2) is 5.17. The standard InChI is InChI=1S/C11H10N4O3S/c1-8-14-11(15-18-8)7-13-19(16,17)10-4-2-9(6-12)3-5-10/h2-5,13H,7H2,1H3. The van der Waals surface area contributed by atoms with Crippen LogP contribution in [0.15, 0.2) is 33.7 Å². The van der Waals surface area contributed by atoms with E-state index in [-0.39, 0.29) is 17.3 Å². The summed E-state index contributed by atoms with van der Waals surface area (Å²) in [6.07, 6.45) is 0. The summed E-state index contributed by atoms with van der Waals surface area (Å²) >= 11 is 0. The quantitative estimate of drug-likeness (QED) is 0.882. The first-order chi connectivity index (χ1) is 9.01. The van der Waals surface area contributed by atoms with Gasteiger partial charge in [-0.3, -0.25) is 0 Å². The van der Waals surface area contributed by atoms with E-state index in [0.29, 0.717) is 11.5 Å². The Morgan fingerprint density at radius 2 is 2.05 bits per heavy atom. The molecule has 98 valence electrons. The van der Waals surface area contributed by atoms with E-state index in [9.17, 15) is 8.42 Å². The molecule has 2 rings (SSSR count). The fourth-order valence-electron chi connectivity index (χ4n) is 1.36. The number of hydrogen-bond donors (Lipinski definition) is 1. The van der Waals surface area contributed by atoms with Crippen molar-refractivity contribution in [3.05, 3.63) is 41.5 Å². The van der Waals surface area contributed by atoms with Crippen LogP contribution in [0.4, 0.5) is 0 Å². The van der Waals surface area contributed by atoms with E-state index in [1.165, 1.54) is 24.3 Å². The molecule has 0 amide bonds. The first-order valence-corrected chi connectivity index (χ1v) is 6.78. The fourth-order valence-corrected chi connectivity index (χ4v) is 2.34. The summed E-state index contributed by atoms with van der Waals surface area (Å²) in [7, 11) is -3.66. The van der Waals surface area contributed by atoms with Gasteiger partial charge in [-0.15, -0.1) is 0 Å². The number of hydrogen-bond acceptors (Lipinski definition) is 6. The lowest BCUT2D eigenvalue weighted by atomic mass is 10.2. The lowest BCUT2D eigenvalue weighted by Crippen LogP contribution is -2.23. The maximum Gasteiger partial charge on any atom is 0.240 e. The predicted octanol–water partition coefficient (Wildman–Crippen LogP) is 0.728. The molecule has 0 spiro atoms. The Hall–Kier alpha value is -2.24. The van der Waals surface area contributed by atoms with Crippen LogP contribution in [0.3, 0.4) is 0 Å². The zero-order chi connectivity index (χ0) is 13.9. The van der Waals surface area contributed by atoms with Crippen molar-refractivity contribution in [2.24, 2.45) is 0 Å². The molecule has 2 aromatic rings. The highest BCUT2D eigenvalue weighted by atomic mass is 32.2. The second-order valence-corrected chi connectivity index (χ2v) is 5.46. The average molecular weight is 278 g/mol. The largest absolute Gasteiger partial charge is 0.340 e. The molecular formula is C11H10N4O3S. The SMILES string of the molecule is Cc1nc(CNS(=O)(=O)c2ccc(C#N)cc2)no1. The highest BCUT2D eigenvalue weighted by molar-refractivity contribution is 7.89. The minimum absolute atomic E-state index is 0.0559. The molecule has 1 aromatic heterocycles. The number of rotatable bonds is 4. The molecule has 0 aliphatic carbocycles. The third-order valence-corrected chi connectivity index (χ3v) is 3.70. The molecule has 0 fully saturated rings. The summed E-state index contributed by atoms with van der Waals surface area (Å²) in [5.41, 5.74) is 0.396. The van der Waals surface area contributed by atoms with E-state index in [1.807, 2.05) is 6.07 Å². The third-order valence-electron chi connectivity index (χ3n) is 2.28. The van der Waals surface area contributed by atoms with Crippen LogP contribution >= 0.6 is 0 Å². The molecule has 8 heteroatoms. The van der Waals surface area contributed by atoms with Gasteiger partial charge >= 0.3 is 0 Å². The number of sulfonamides is 1. The van der Waals surface area contributed by atoms with Crippen molar-refractivity contribution >= 4 is 10.0 Å². The van der Waals surface area contributed by atoms with Gasteiger partial charge in [-0.05, 0) is 24.3 Å². The first kappa shape index (κ1) is 13.2. The van der Waals surface area contributed by atoms with Gasteiger partial charge in [0.15, 0.2) is 5.82 Å². The molecular weight excluding hydrogens is 268 g/mol.